The molecule has 0 aromatic rings. The van der Waals surface area contributed by atoms with Crippen molar-refractivity contribution >= 4 is 11.9 Å². The van der Waals surface area contributed by atoms with E-state index in [-0.39, 0.29) is 12.5 Å². The van der Waals surface area contributed by atoms with Gasteiger partial charge in [-0.05, 0) is 6.42 Å². The molecule has 5 nitrogen and oxygen atoms in total. The molecule has 13 heavy (non-hydrogen) atoms. The molecule has 0 spiro atoms. The molecule has 0 saturated carbocycles. The number of rotatable bonds is 5. The van der Waals surface area contributed by atoms with Gasteiger partial charge >= 0.3 is 5.97 Å². The number of ether oxygens (including phenoxy) is 1. The van der Waals surface area contributed by atoms with E-state index in [1.54, 1.807) is 7.05 Å². The average molecular weight is 188 g/mol. The summed E-state index contributed by atoms with van der Waals surface area (Å²) >= 11 is 0. The van der Waals surface area contributed by atoms with Gasteiger partial charge in [-0.2, -0.15) is 0 Å². The third-order valence-corrected chi connectivity index (χ3v) is 1.37. The standard InChI is InChI=1S/C8H16N2O3/c1-4-5-9-10(3)8(12)6-13-7(2)11/h9H,4-6H2,1-3H3. The van der Waals surface area contributed by atoms with Crippen LogP contribution in [0.1, 0.15) is 20.3 Å². The van der Waals surface area contributed by atoms with Crippen LogP contribution in [0.3, 0.4) is 0 Å². The SMILES string of the molecule is CCCNN(C)C(=O)COC(C)=O. The molecule has 0 heterocycles. The minimum atomic E-state index is -0.447. The summed E-state index contributed by atoms with van der Waals surface area (Å²) in [5.74, 6) is -0.708. The lowest BCUT2D eigenvalue weighted by atomic mass is 10.5. The van der Waals surface area contributed by atoms with Gasteiger partial charge in [0.1, 0.15) is 0 Å². The van der Waals surface area contributed by atoms with Crippen molar-refractivity contribution in [1.82, 2.24) is 10.4 Å². The Balaban J connectivity index is 3.63. The fourth-order valence-electron chi connectivity index (χ4n) is 0.628. The first-order valence-electron chi connectivity index (χ1n) is 4.21. The Bertz CT molecular complexity index is 182. The van der Waals surface area contributed by atoms with Gasteiger partial charge in [-0.25, -0.2) is 5.43 Å². The van der Waals surface area contributed by atoms with Gasteiger partial charge in [0.25, 0.3) is 5.91 Å². The summed E-state index contributed by atoms with van der Waals surface area (Å²) in [5, 5.41) is 1.33. The topological polar surface area (TPSA) is 58.6 Å². The summed E-state index contributed by atoms with van der Waals surface area (Å²) in [5.41, 5.74) is 2.85. The highest BCUT2D eigenvalue weighted by Crippen LogP contribution is 1.83. The molecule has 0 bridgehead atoms. The van der Waals surface area contributed by atoms with Crippen molar-refractivity contribution in [2.45, 2.75) is 20.3 Å². The Morgan fingerprint density at radius 1 is 1.46 bits per heavy atom. The van der Waals surface area contributed by atoms with Gasteiger partial charge in [0.15, 0.2) is 6.61 Å². The predicted octanol–water partition coefficient (Wildman–Crippen LogP) is -0.0775. The lowest BCUT2D eigenvalue weighted by molar-refractivity contribution is -0.150. The number of hydrogen-bond acceptors (Lipinski definition) is 4. The summed E-state index contributed by atoms with van der Waals surface area (Å²) < 4.78 is 4.53. The molecule has 76 valence electrons. The van der Waals surface area contributed by atoms with Crippen LogP contribution >= 0.6 is 0 Å². The van der Waals surface area contributed by atoms with E-state index >= 15 is 0 Å². The van der Waals surface area contributed by atoms with Gasteiger partial charge in [0, 0.05) is 20.5 Å². The highest BCUT2D eigenvalue weighted by Gasteiger charge is 2.08. The molecule has 0 aromatic heterocycles. The summed E-state index contributed by atoms with van der Waals surface area (Å²) in [6.45, 7) is 3.79. The molecular weight excluding hydrogens is 172 g/mol. The Kier molecular flexibility index (Phi) is 5.88. The van der Waals surface area contributed by atoms with Crippen LogP contribution in [0.15, 0.2) is 0 Å². The fraction of sp³-hybridized carbons (Fsp3) is 0.750. The Hall–Kier alpha value is -1.10. The van der Waals surface area contributed by atoms with E-state index in [9.17, 15) is 9.59 Å². The van der Waals surface area contributed by atoms with Crippen molar-refractivity contribution in [3.05, 3.63) is 0 Å². The number of nitrogens with one attached hydrogen (secondary N) is 1. The molecule has 0 rings (SSSR count). The van der Waals surface area contributed by atoms with Crippen molar-refractivity contribution in [1.29, 1.82) is 0 Å². The lowest BCUT2D eigenvalue weighted by Crippen LogP contribution is -2.42. The van der Waals surface area contributed by atoms with Crippen LogP contribution in [-0.2, 0) is 14.3 Å². The number of amides is 1. The van der Waals surface area contributed by atoms with Gasteiger partial charge in [-0.1, -0.05) is 6.92 Å². The zero-order valence-corrected chi connectivity index (χ0v) is 8.29. The van der Waals surface area contributed by atoms with Crippen LogP contribution in [0.2, 0.25) is 0 Å². The molecule has 5 heteroatoms. The lowest BCUT2D eigenvalue weighted by Gasteiger charge is -2.17. The number of hydrazine groups is 1. The number of hydrogen-bond donors (Lipinski definition) is 1. The van der Waals surface area contributed by atoms with Crippen LogP contribution in [0, 0.1) is 0 Å². The molecule has 0 unspecified atom stereocenters. The van der Waals surface area contributed by atoms with E-state index in [0.29, 0.717) is 0 Å². The van der Waals surface area contributed by atoms with Gasteiger partial charge < -0.3 is 4.74 Å². The Morgan fingerprint density at radius 3 is 2.54 bits per heavy atom. The second kappa shape index (κ2) is 6.42. The molecule has 0 aliphatic rings. The molecular formula is C8H16N2O3. The van der Waals surface area contributed by atoms with Crippen molar-refractivity contribution in [2.24, 2.45) is 0 Å². The summed E-state index contributed by atoms with van der Waals surface area (Å²) in [6.07, 6.45) is 0.936. The van der Waals surface area contributed by atoms with E-state index in [1.807, 2.05) is 6.92 Å². The Labute approximate surface area is 78.0 Å². The maximum atomic E-state index is 11.1. The van der Waals surface area contributed by atoms with Crippen molar-refractivity contribution in [2.75, 3.05) is 20.2 Å². The molecule has 0 radical (unpaired) electrons. The first kappa shape index (κ1) is 11.9. The fourth-order valence-corrected chi connectivity index (χ4v) is 0.628. The number of esters is 1. The number of carbonyl (C=O) groups is 2. The average Bonchev–Trinajstić information content (AvgIpc) is 2.10. The van der Waals surface area contributed by atoms with Gasteiger partial charge in [0.2, 0.25) is 0 Å². The van der Waals surface area contributed by atoms with E-state index in [1.165, 1.54) is 11.9 Å². The summed E-state index contributed by atoms with van der Waals surface area (Å²) in [7, 11) is 1.60. The van der Waals surface area contributed by atoms with E-state index in [4.69, 9.17) is 0 Å². The molecule has 0 fully saturated rings. The quantitative estimate of drug-likeness (QED) is 0.484. The van der Waals surface area contributed by atoms with Gasteiger partial charge in [-0.3, -0.25) is 14.6 Å². The zero-order valence-electron chi connectivity index (χ0n) is 8.29. The largest absolute Gasteiger partial charge is 0.456 e. The number of nitrogens with zero attached hydrogens (tertiary/aromatic N) is 1. The third-order valence-electron chi connectivity index (χ3n) is 1.37. The number of carbonyl (C=O) groups excluding carboxylic acids is 2. The molecule has 0 saturated heterocycles. The van der Waals surface area contributed by atoms with Gasteiger partial charge in [-0.15, -0.1) is 0 Å². The van der Waals surface area contributed by atoms with Crippen LogP contribution in [0.5, 0.6) is 0 Å². The molecule has 0 aromatic carbocycles. The molecule has 0 aliphatic carbocycles. The van der Waals surface area contributed by atoms with Crippen LogP contribution < -0.4 is 5.43 Å². The monoisotopic (exact) mass is 188 g/mol. The van der Waals surface area contributed by atoms with Crippen molar-refractivity contribution in [3.8, 4) is 0 Å². The van der Waals surface area contributed by atoms with E-state index in [2.05, 4.69) is 10.2 Å². The number of likely N-dealkylation sites (N-methyl/N-ethyl adjacent to an activating group) is 1. The van der Waals surface area contributed by atoms with E-state index in [0.717, 1.165) is 13.0 Å². The summed E-state index contributed by atoms with van der Waals surface area (Å²) in [4.78, 5) is 21.5. The predicted molar refractivity (Wildman–Crippen MR) is 47.7 cm³/mol. The first-order valence-corrected chi connectivity index (χ1v) is 4.21. The van der Waals surface area contributed by atoms with Crippen molar-refractivity contribution < 1.29 is 14.3 Å². The maximum Gasteiger partial charge on any atom is 0.303 e. The minimum Gasteiger partial charge on any atom is -0.456 e. The first-order chi connectivity index (χ1) is 6.07. The van der Waals surface area contributed by atoms with Crippen LogP contribution in [0.4, 0.5) is 0 Å². The smallest absolute Gasteiger partial charge is 0.303 e. The molecule has 1 amide bonds. The highest BCUT2D eigenvalue weighted by atomic mass is 16.5. The summed E-state index contributed by atoms with van der Waals surface area (Å²) in [6, 6.07) is 0. The Morgan fingerprint density at radius 2 is 2.08 bits per heavy atom. The molecule has 0 aliphatic heterocycles. The second-order valence-electron chi connectivity index (χ2n) is 2.64. The third kappa shape index (κ3) is 6.10. The highest BCUT2D eigenvalue weighted by molar-refractivity contribution is 5.79. The van der Waals surface area contributed by atoms with Crippen molar-refractivity contribution in [3.63, 3.8) is 0 Å². The zero-order chi connectivity index (χ0) is 10.3. The van der Waals surface area contributed by atoms with Crippen LogP contribution in [-0.4, -0.2) is 37.1 Å². The van der Waals surface area contributed by atoms with Gasteiger partial charge in [0.05, 0.1) is 0 Å². The molecule has 0 atom stereocenters. The minimum absolute atomic E-state index is 0.206. The maximum absolute atomic E-state index is 11.1. The normalized spacial score (nSPS) is 9.46. The van der Waals surface area contributed by atoms with Crippen LogP contribution in [0.25, 0.3) is 0 Å². The second-order valence-corrected chi connectivity index (χ2v) is 2.64. The molecule has 1 N–H and O–H groups in total. The van der Waals surface area contributed by atoms with E-state index < -0.39 is 5.97 Å².